The summed E-state index contributed by atoms with van der Waals surface area (Å²) < 4.78 is 10.6. The van der Waals surface area contributed by atoms with Crippen LogP contribution in [0.25, 0.3) is 0 Å². The van der Waals surface area contributed by atoms with Gasteiger partial charge in [-0.05, 0) is 51.3 Å². The molecule has 0 saturated heterocycles. The molecule has 1 atom stereocenters. The first-order valence-corrected chi connectivity index (χ1v) is 10.4. The van der Waals surface area contributed by atoms with Crippen LogP contribution in [0.2, 0.25) is 0 Å². The molecule has 2 N–H and O–H groups in total. The lowest BCUT2D eigenvalue weighted by molar-refractivity contribution is -0.160. The number of benzene rings is 2. The van der Waals surface area contributed by atoms with Gasteiger partial charge < -0.3 is 19.9 Å². The summed E-state index contributed by atoms with van der Waals surface area (Å²) in [6, 6.07) is 15.0. The first kappa shape index (κ1) is 24.9. The van der Waals surface area contributed by atoms with Crippen LogP contribution in [-0.2, 0) is 37.5 Å². The van der Waals surface area contributed by atoms with Crippen LogP contribution >= 0.6 is 0 Å². The first-order valence-electron chi connectivity index (χ1n) is 10.4. The van der Waals surface area contributed by atoms with E-state index in [0.29, 0.717) is 5.56 Å². The minimum atomic E-state index is -1.17. The van der Waals surface area contributed by atoms with Gasteiger partial charge in [-0.3, -0.25) is 4.79 Å². The van der Waals surface area contributed by atoms with Crippen molar-refractivity contribution in [3.8, 4) is 0 Å². The molecule has 0 heterocycles. The average molecular weight is 442 g/mol. The minimum Gasteiger partial charge on any atom is -0.480 e. The summed E-state index contributed by atoms with van der Waals surface area (Å²) in [5.74, 6) is -1.51. The molecule has 32 heavy (non-hydrogen) atoms. The van der Waals surface area contributed by atoms with E-state index in [1.54, 1.807) is 38.1 Å². The minimum absolute atomic E-state index is 0.0491. The maximum absolute atomic E-state index is 12.6. The van der Waals surface area contributed by atoms with E-state index in [2.05, 4.69) is 5.32 Å². The van der Waals surface area contributed by atoms with Gasteiger partial charge in [0.25, 0.3) is 0 Å². The van der Waals surface area contributed by atoms with Crippen molar-refractivity contribution >= 4 is 18.0 Å². The Bertz CT molecular complexity index is 929. The fourth-order valence-corrected chi connectivity index (χ4v) is 2.92. The van der Waals surface area contributed by atoms with Crippen LogP contribution in [0.3, 0.4) is 0 Å². The predicted octanol–water partition coefficient (Wildman–Crippen LogP) is 4.23. The number of carboxylic acid groups (broad SMARTS) is 1. The van der Waals surface area contributed by atoms with Gasteiger partial charge >= 0.3 is 18.0 Å². The normalized spacial score (nSPS) is 12.5. The Kier molecular flexibility index (Phi) is 8.02. The molecular formula is C25H31NO6. The van der Waals surface area contributed by atoms with Crippen molar-refractivity contribution < 1.29 is 29.0 Å². The van der Waals surface area contributed by atoms with Gasteiger partial charge in [0.15, 0.2) is 0 Å². The van der Waals surface area contributed by atoms with Gasteiger partial charge in [-0.2, -0.15) is 0 Å². The zero-order chi connectivity index (χ0) is 23.9. The van der Waals surface area contributed by atoms with E-state index >= 15 is 0 Å². The highest BCUT2D eigenvalue weighted by Gasteiger charge is 2.34. The van der Waals surface area contributed by atoms with E-state index in [-0.39, 0.29) is 19.0 Å². The molecule has 7 heteroatoms. The van der Waals surface area contributed by atoms with Gasteiger partial charge in [0, 0.05) is 6.42 Å². The van der Waals surface area contributed by atoms with Crippen LogP contribution in [0.15, 0.2) is 54.6 Å². The monoisotopic (exact) mass is 441 g/mol. The Morgan fingerprint density at radius 1 is 0.906 bits per heavy atom. The molecule has 0 unspecified atom stereocenters. The number of nitrogens with one attached hydrogen (secondary N) is 1. The highest BCUT2D eigenvalue weighted by Crippen LogP contribution is 2.27. The molecule has 0 aliphatic carbocycles. The summed E-state index contributed by atoms with van der Waals surface area (Å²) in [4.78, 5) is 36.2. The summed E-state index contributed by atoms with van der Waals surface area (Å²) in [5, 5.41) is 11.9. The Morgan fingerprint density at radius 2 is 1.50 bits per heavy atom. The Labute approximate surface area is 188 Å². The van der Waals surface area contributed by atoms with E-state index < -0.39 is 29.1 Å². The summed E-state index contributed by atoms with van der Waals surface area (Å²) in [7, 11) is 0. The van der Waals surface area contributed by atoms with Gasteiger partial charge in [0.1, 0.15) is 18.2 Å². The van der Waals surface area contributed by atoms with Crippen LogP contribution in [-0.4, -0.2) is 34.8 Å². The first-order chi connectivity index (χ1) is 14.9. The third-order valence-electron chi connectivity index (χ3n) is 4.83. The van der Waals surface area contributed by atoms with Gasteiger partial charge in [-0.25, -0.2) is 9.59 Å². The molecule has 2 aromatic rings. The van der Waals surface area contributed by atoms with Crippen molar-refractivity contribution in [1.82, 2.24) is 5.32 Å². The number of aliphatic carboxylic acids is 1. The number of carbonyl (C=O) groups excluding carboxylic acids is 2. The molecule has 0 aliphatic heterocycles. The Morgan fingerprint density at radius 3 is 2.03 bits per heavy atom. The number of carbonyl (C=O) groups is 3. The molecule has 7 nitrogen and oxygen atoms in total. The number of rotatable bonds is 8. The topological polar surface area (TPSA) is 102 Å². The molecule has 0 fully saturated rings. The smallest absolute Gasteiger partial charge is 0.408 e. The van der Waals surface area contributed by atoms with Crippen LogP contribution in [0.1, 0.15) is 51.3 Å². The van der Waals surface area contributed by atoms with E-state index in [0.717, 1.165) is 11.1 Å². The highest BCUT2D eigenvalue weighted by atomic mass is 16.6. The van der Waals surface area contributed by atoms with Crippen molar-refractivity contribution in [3.05, 3.63) is 71.3 Å². The van der Waals surface area contributed by atoms with Gasteiger partial charge in [0.2, 0.25) is 0 Å². The van der Waals surface area contributed by atoms with Crippen LogP contribution < -0.4 is 5.32 Å². The van der Waals surface area contributed by atoms with Crippen LogP contribution in [0.4, 0.5) is 4.79 Å². The van der Waals surface area contributed by atoms with E-state index in [1.165, 1.54) is 0 Å². The van der Waals surface area contributed by atoms with Crippen LogP contribution in [0, 0.1) is 0 Å². The van der Waals surface area contributed by atoms with Crippen molar-refractivity contribution in [2.75, 3.05) is 0 Å². The van der Waals surface area contributed by atoms with Gasteiger partial charge in [-0.1, -0.05) is 54.6 Å². The molecule has 0 saturated carbocycles. The van der Waals surface area contributed by atoms with E-state index in [9.17, 15) is 19.5 Å². The van der Waals surface area contributed by atoms with Gasteiger partial charge in [0.05, 0.1) is 5.41 Å². The Balaban J connectivity index is 2.00. The number of hydrogen-bond donors (Lipinski definition) is 2. The number of esters is 1. The summed E-state index contributed by atoms with van der Waals surface area (Å²) in [6.45, 7) is 9.05. The molecular weight excluding hydrogens is 410 g/mol. The second kappa shape index (κ2) is 10.3. The van der Waals surface area contributed by atoms with Crippen molar-refractivity contribution in [1.29, 1.82) is 0 Å². The molecule has 2 rings (SSSR count). The van der Waals surface area contributed by atoms with E-state index in [1.807, 2.05) is 51.1 Å². The fourth-order valence-electron chi connectivity index (χ4n) is 2.92. The Hall–Kier alpha value is -3.35. The second-order valence-electron chi connectivity index (χ2n) is 9.12. The molecule has 0 radical (unpaired) electrons. The lowest BCUT2D eigenvalue weighted by atomic mass is 9.84. The summed E-state index contributed by atoms with van der Waals surface area (Å²) in [6.07, 6.45) is -0.730. The highest BCUT2D eigenvalue weighted by molar-refractivity contribution is 5.82. The number of carboxylic acids is 1. The number of hydrogen-bond acceptors (Lipinski definition) is 5. The second-order valence-corrected chi connectivity index (χ2v) is 9.12. The standard InChI is InChI=1S/C25H31NO6/c1-24(2,3)32-22(29)25(4,5)19-13-11-17(12-14-19)15-20(21(27)28)26-23(30)31-16-18-9-7-6-8-10-18/h6-14,20H,15-16H2,1-5H3,(H,26,30)(H,27,28)/t20-/m1/s1. The number of amides is 1. The summed E-state index contributed by atoms with van der Waals surface area (Å²) in [5.41, 5.74) is 0.793. The molecule has 172 valence electrons. The molecule has 0 spiro atoms. The SMILES string of the molecule is CC(C)(C)OC(=O)C(C)(C)c1ccc(C[C@@H](NC(=O)OCc2ccccc2)C(=O)O)cc1. The third-order valence-corrected chi connectivity index (χ3v) is 4.83. The molecule has 1 amide bonds. The lowest BCUT2D eigenvalue weighted by Gasteiger charge is -2.29. The molecule has 2 aromatic carbocycles. The zero-order valence-corrected chi connectivity index (χ0v) is 19.2. The van der Waals surface area contributed by atoms with Crippen molar-refractivity contribution in [3.63, 3.8) is 0 Å². The largest absolute Gasteiger partial charge is 0.480 e. The average Bonchev–Trinajstić information content (AvgIpc) is 2.71. The molecule has 0 aliphatic rings. The summed E-state index contributed by atoms with van der Waals surface area (Å²) >= 11 is 0. The number of alkyl carbamates (subject to hydrolysis) is 1. The maximum atomic E-state index is 12.6. The zero-order valence-electron chi connectivity index (χ0n) is 19.2. The third kappa shape index (κ3) is 7.41. The van der Waals surface area contributed by atoms with E-state index in [4.69, 9.17) is 9.47 Å². The van der Waals surface area contributed by atoms with Crippen LogP contribution in [0.5, 0.6) is 0 Å². The molecule has 0 bridgehead atoms. The fraction of sp³-hybridized carbons (Fsp3) is 0.400. The quantitative estimate of drug-likeness (QED) is 0.595. The maximum Gasteiger partial charge on any atom is 0.408 e. The van der Waals surface area contributed by atoms with Crippen molar-refractivity contribution in [2.24, 2.45) is 0 Å². The molecule has 0 aromatic heterocycles. The lowest BCUT2D eigenvalue weighted by Crippen LogP contribution is -2.42. The predicted molar refractivity (Wildman–Crippen MR) is 120 cm³/mol. The number of ether oxygens (including phenoxy) is 2. The van der Waals surface area contributed by atoms with Gasteiger partial charge in [-0.15, -0.1) is 0 Å². The van der Waals surface area contributed by atoms with Crippen molar-refractivity contribution in [2.45, 2.75) is 64.7 Å².